The number of methoxy groups -OCH3 is 1. The first-order valence-corrected chi connectivity index (χ1v) is 6.31. The number of hydrogen-bond acceptors (Lipinski definition) is 3. The minimum Gasteiger partial charge on any atom is -0.497 e. The fraction of sp³-hybridized carbons (Fsp3) is 0.125. The Bertz CT molecular complexity index is 820. The lowest BCUT2D eigenvalue weighted by molar-refractivity contribution is 0.415. The van der Waals surface area contributed by atoms with E-state index in [2.05, 4.69) is 16.0 Å². The van der Waals surface area contributed by atoms with Gasteiger partial charge in [-0.25, -0.2) is 4.98 Å². The van der Waals surface area contributed by atoms with Crippen LogP contribution in [0.25, 0.3) is 22.2 Å². The van der Waals surface area contributed by atoms with Gasteiger partial charge in [0.15, 0.2) is 0 Å². The van der Waals surface area contributed by atoms with Gasteiger partial charge in [0.05, 0.1) is 24.3 Å². The zero-order valence-corrected chi connectivity index (χ0v) is 11.3. The van der Waals surface area contributed by atoms with Crippen molar-refractivity contribution in [3.05, 3.63) is 58.5 Å². The molecule has 3 aromatic rings. The fourth-order valence-corrected chi connectivity index (χ4v) is 2.29. The third-order valence-electron chi connectivity index (χ3n) is 3.22. The van der Waals surface area contributed by atoms with Crippen molar-refractivity contribution >= 4 is 11.0 Å². The van der Waals surface area contributed by atoms with E-state index in [1.165, 1.54) is 6.20 Å². The highest BCUT2D eigenvalue weighted by Crippen LogP contribution is 2.28. The molecule has 100 valence electrons. The standard InChI is InChI=1S/C16H14N2O2/c1-10-7-13(11-3-5-12(20-2)6-4-11)16-14(8-10)18-15(19)9-17-16/h3-9H,1-2H3,(H,18,19). The monoisotopic (exact) mass is 266 g/mol. The van der Waals surface area contributed by atoms with Crippen LogP contribution in [0.1, 0.15) is 5.56 Å². The molecular formula is C16H14N2O2. The summed E-state index contributed by atoms with van der Waals surface area (Å²) in [4.78, 5) is 18.5. The van der Waals surface area contributed by atoms with Crippen LogP contribution in [-0.2, 0) is 0 Å². The molecule has 1 aromatic heterocycles. The molecule has 0 bridgehead atoms. The van der Waals surface area contributed by atoms with E-state index in [-0.39, 0.29) is 5.56 Å². The van der Waals surface area contributed by atoms with E-state index in [4.69, 9.17) is 4.74 Å². The maximum Gasteiger partial charge on any atom is 0.266 e. The van der Waals surface area contributed by atoms with Gasteiger partial charge in [-0.3, -0.25) is 4.79 Å². The van der Waals surface area contributed by atoms with Gasteiger partial charge in [0.2, 0.25) is 0 Å². The molecule has 1 heterocycles. The molecule has 0 atom stereocenters. The summed E-state index contributed by atoms with van der Waals surface area (Å²) in [6.07, 6.45) is 1.31. The number of aromatic nitrogens is 2. The minimum atomic E-state index is -0.191. The minimum absolute atomic E-state index is 0.191. The van der Waals surface area contributed by atoms with Crippen LogP contribution in [0.4, 0.5) is 0 Å². The molecule has 4 nitrogen and oxygen atoms in total. The molecule has 0 fully saturated rings. The van der Waals surface area contributed by atoms with Gasteiger partial charge in [-0.15, -0.1) is 0 Å². The van der Waals surface area contributed by atoms with Gasteiger partial charge >= 0.3 is 0 Å². The molecule has 0 saturated carbocycles. The molecular weight excluding hydrogens is 252 g/mol. The van der Waals surface area contributed by atoms with E-state index in [1.54, 1.807) is 7.11 Å². The van der Waals surface area contributed by atoms with Gasteiger partial charge in [-0.2, -0.15) is 0 Å². The number of H-pyrrole nitrogens is 1. The van der Waals surface area contributed by atoms with Crippen LogP contribution >= 0.6 is 0 Å². The topological polar surface area (TPSA) is 55.0 Å². The van der Waals surface area contributed by atoms with Gasteiger partial charge in [0, 0.05) is 5.56 Å². The maximum atomic E-state index is 11.4. The van der Waals surface area contributed by atoms with E-state index in [9.17, 15) is 4.79 Å². The van der Waals surface area contributed by atoms with Crippen molar-refractivity contribution in [2.45, 2.75) is 6.92 Å². The average Bonchev–Trinajstić information content (AvgIpc) is 2.46. The smallest absolute Gasteiger partial charge is 0.266 e. The van der Waals surface area contributed by atoms with E-state index in [1.807, 2.05) is 37.3 Å². The Labute approximate surface area is 116 Å². The molecule has 0 aliphatic carbocycles. The molecule has 4 heteroatoms. The van der Waals surface area contributed by atoms with Crippen molar-refractivity contribution in [3.8, 4) is 16.9 Å². The first-order valence-electron chi connectivity index (χ1n) is 6.31. The Hall–Kier alpha value is -2.62. The first kappa shape index (κ1) is 12.4. The number of nitrogens with zero attached hydrogens (tertiary/aromatic N) is 1. The predicted molar refractivity (Wildman–Crippen MR) is 79.1 cm³/mol. The SMILES string of the molecule is COc1ccc(-c2cc(C)cc3[nH]c(=O)cnc23)cc1. The molecule has 20 heavy (non-hydrogen) atoms. The summed E-state index contributed by atoms with van der Waals surface area (Å²) in [7, 11) is 1.64. The van der Waals surface area contributed by atoms with Crippen molar-refractivity contribution in [1.29, 1.82) is 0 Å². The largest absolute Gasteiger partial charge is 0.497 e. The molecule has 2 aromatic carbocycles. The van der Waals surface area contributed by atoms with Crippen LogP contribution in [0.2, 0.25) is 0 Å². The number of aryl methyl sites for hydroxylation is 1. The molecule has 0 radical (unpaired) electrons. The van der Waals surface area contributed by atoms with Crippen molar-refractivity contribution in [3.63, 3.8) is 0 Å². The Balaban J connectivity index is 2.26. The van der Waals surface area contributed by atoms with Crippen molar-refractivity contribution in [2.24, 2.45) is 0 Å². The Morgan fingerprint density at radius 3 is 2.60 bits per heavy atom. The highest BCUT2D eigenvalue weighted by molar-refractivity contribution is 5.92. The zero-order valence-electron chi connectivity index (χ0n) is 11.3. The summed E-state index contributed by atoms with van der Waals surface area (Å²) in [5, 5.41) is 0. The number of aromatic amines is 1. The van der Waals surface area contributed by atoms with Crippen molar-refractivity contribution in [2.75, 3.05) is 7.11 Å². The second kappa shape index (κ2) is 4.81. The lowest BCUT2D eigenvalue weighted by atomic mass is 10.0. The molecule has 0 unspecified atom stereocenters. The summed E-state index contributed by atoms with van der Waals surface area (Å²) in [5.74, 6) is 0.812. The quantitative estimate of drug-likeness (QED) is 0.776. The lowest BCUT2D eigenvalue weighted by Gasteiger charge is -2.08. The average molecular weight is 266 g/mol. The predicted octanol–water partition coefficient (Wildman–Crippen LogP) is 2.91. The fourth-order valence-electron chi connectivity index (χ4n) is 2.29. The van der Waals surface area contributed by atoms with Crippen molar-refractivity contribution < 1.29 is 4.74 Å². The van der Waals surface area contributed by atoms with Crippen molar-refractivity contribution in [1.82, 2.24) is 9.97 Å². The molecule has 1 N–H and O–H groups in total. The molecule has 3 rings (SSSR count). The number of hydrogen-bond donors (Lipinski definition) is 1. The second-order valence-corrected chi connectivity index (χ2v) is 4.68. The normalized spacial score (nSPS) is 10.7. The number of rotatable bonds is 2. The van der Waals surface area contributed by atoms with Crippen LogP contribution in [0.5, 0.6) is 5.75 Å². The van der Waals surface area contributed by atoms with Crippen LogP contribution in [0.15, 0.2) is 47.4 Å². The molecule has 0 spiro atoms. The number of fused-ring (bicyclic) bond motifs is 1. The van der Waals surface area contributed by atoms with Crippen LogP contribution in [0.3, 0.4) is 0 Å². The zero-order chi connectivity index (χ0) is 14.1. The van der Waals surface area contributed by atoms with Crippen LogP contribution in [-0.4, -0.2) is 17.1 Å². The van der Waals surface area contributed by atoms with Gasteiger partial charge in [-0.05, 0) is 42.3 Å². The Kier molecular flexibility index (Phi) is 2.99. The van der Waals surface area contributed by atoms with E-state index >= 15 is 0 Å². The van der Waals surface area contributed by atoms with Gasteiger partial charge in [-0.1, -0.05) is 12.1 Å². The summed E-state index contributed by atoms with van der Waals surface area (Å²) in [5.41, 5.74) is 4.47. The highest BCUT2D eigenvalue weighted by Gasteiger charge is 2.07. The van der Waals surface area contributed by atoms with Gasteiger partial charge in [0.25, 0.3) is 5.56 Å². The highest BCUT2D eigenvalue weighted by atomic mass is 16.5. The number of ether oxygens (including phenoxy) is 1. The van der Waals surface area contributed by atoms with Crippen LogP contribution < -0.4 is 10.3 Å². The number of benzene rings is 2. The van der Waals surface area contributed by atoms with Gasteiger partial charge in [0.1, 0.15) is 5.75 Å². The molecule has 0 amide bonds. The molecule has 0 aliphatic heterocycles. The second-order valence-electron chi connectivity index (χ2n) is 4.68. The summed E-state index contributed by atoms with van der Waals surface area (Å²) in [6.45, 7) is 2.00. The molecule has 0 aliphatic rings. The first-order chi connectivity index (χ1) is 9.67. The maximum absolute atomic E-state index is 11.4. The Morgan fingerprint density at radius 2 is 1.90 bits per heavy atom. The third-order valence-corrected chi connectivity index (χ3v) is 3.22. The van der Waals surface area contributed by atoms with E-state index in [0.29, 0.717) is 0 Å². The third kappa shape index (κ3) is 2.16. The van der Waals surface area contributed by atoms with E-state index < -0.39 is 0 Å². The number of nitrogens with one attached hydrogen (secondary N) is 1. The summed E-state index contributed by atoms with van der Waals surface area (Å²) in [6, 6.07) is 11.8. The summed E-state index contributed by atoms with van der Waals surface area (Å²) < 4.78 is 5.17. The Morgan fingerprint density at radius 1 is 1.15 bits per heavy atom. The summed E-state index contributed by atoms with van der Waals surface area (Å²) >= 11 is 0. The lowest BCUT2D eigenvalue weighted by Crippen LogP contribution is -2.05. The van der Waals surface area contributed by atoms with E-state index in [0.717, 1.165) is 33.5 Å². The van der Waals surface area contributed by atoms with Crippen LogP contribution in [0, 0.1) is 6.92 Å². The molecule has 0 saturated heterocycles. The van der Waals surface area contributed by atoms with Gasteiger partial charge < -0.3 is 9.72 Å².